The molecule has 0 saturated carbocycles. The first-order valence-electron chi connectivity index (χ1n) is 7.97. The van der Waals surface area contributed by atoms with Gasteiger partial charge in [0.15, 0.2) is 5.11 Å². The van der Waals surface area contributed by atoms with Crippen molar-refractivity contribution in [3.05, 3.63) is 102 Å². The molecule has 1 aliphatic rings. The molecule has 0 aliphatic heterocycles. The highest BCUT2D eigenvalue weighted by Gasteiger charge is 2.08. The first-order chi connectivity index (χ1) is 12.3. The average Bonchev–Trinajstić information content (AvgIpc) is 2.92. The smallest absolute Gasteiger partial charge is 0.191 e. The topological polar surface area (TPSA) is 49.3 Å². The van der Waals surface area contributed by atoms with Gasteiger partial charge >= 0.3 is 0 Å². The van der Waals surface area contributed by atoms with Crippen LogP contribution in [0.4, 0.5) is 0 Å². The lowest BCUT2D eigenvalue weighted by Gasteiger charge is -2.11. The fourth-order valence-electron chi connectivity index (χ4n) is 2.32. The molecule has 1 aromatic carbocycles. The molecular weight excluding hydrogens is 328 g/mol. The SMILES string of the molecule is S=C(N/N=C(\c1ccccc1)c1ccccn1)NC1=CC=CC=CC1. The Kier molecular flexibility index (Phi) is 5.85. The van der Waals surface area contributed by atoms with Crippen LogP contribution in [0.15, 0.2) is 95.9 Å². The molecule has 5 heteroatoms. The Balaban J connectivity index is 1.77. The zero-order valence-corrected chi connectivity index (χ0v) is 14.4. The summed E-state index contributed by atoms with van der Waals surface area (Å²) < 4.78 is 0. The van der Waals surface area contributed by atoms with Gasteiger partial charge in [0.1, 0.15) is 5.71 Å². The summed E-state index contributed by atoms with van der Waals surface area (Å²) in [6, 6.07) is 15.6. The second-order valence-corrected chi connectivity index (χ2v) is 5.72. The molecule has 3 rings (SSSR count). The lowest BCUT2D eigenvalue weighted by atomic mass is 10.1. The van der Waals surface area contributed by atoms with Gasteiger partial charge < -0.3 is 5.32 Å². The van der Waals surface area contributed by atoms with E-state index >= 15 is 0 Å². The number of allylic oxidation sites excluding steroid dienone is 5. The molecule has 0 fully saturated rings. The van der Waals surface area contributed by atoms with Crippen LogP contribution in [0.5, 0.6) is 0 Å². The summed E-state index contributed by atoms with van der Waals surface area (Å²) in [5.74, 6) is 0. The number of nitrogens with zero attached hydrogens (tertiary/aromatic N) is 2. The van der Waals surface area contributed by atoms with Crippen molar-refractivity contribution in [2.45, 2.75) is 6.42 Å². The molecule has 0 saturated heterocycles. The zero-order chi connectivity index (χ0) is 17.3. The van der Waals surface area contributed by atoms with E-state index in [0.717, 1.165) is 29.1 Å². The average molecular weight is 346 g/mol. The largest absolute Gasteiger partial charge is 0.335 e. The van der Waals surface area contributed by atoms with Gasteiger partial charge in [-0.3, -0.25) is 10.4 Å². The third kappa shape index (κ3) is 4.96. The van der Waals surface area contributed by atoms with Gasteiger partial charge in [-0.1, -0.05) is 60.7 Å². The summed E-state index contributed by atoms with van der Waals surface area (Å²) in [4.78, 5) is 4.40. The highest BCUT2D eigenvalue weighted by Crippen LogP contribution is 2.08. The molecule has 0 atom stereocenters. The number of aromatic nitrogens is 1. The number of hydrazone groups is 1. The molecule has 1 heterocycles. The van der Waals surface area contributed by atoms with Crippen molar-refractivity contribution in [3.8, 4) is 0 Å². The van der Waals surface area contributed by atoms with Gasteiger partial charge in [-0.05, 0) is 30.4 Å². The zero-order valence-electron chi connectivity index (χ0n) is 13.6. The van der Waals surface area contributed by atoms with Crippen LogP contribution in [-0.2, 0) is 0 Å². The van der Waals surface area contributed by atoms with Gasteiger partial charge in [-0.25, -0.2) is 0 Å². The summed E-state index contributed by atoms with van der Waals surface area (Å²) in [5.41, 5.74) is 6.42. The normalized spacial score (nSPS) is 13.8. The Hall–Kier alpha value is -3.05. The maximum absolute atomic E-state index is 5.36. The Morgan fingerprint density at radius 2 is 1.84 bits per heavy atom. The van der Waals surface area contributed by atoms with Gasteiger partial charge in [0.25, 0.3) is 0 Å². The Labute approximate surface area is 152 Å². The number of nitrogens with one attached hydrogen (secondary N) is 2. The van der Waals surface area contributed by atoms with Crippen LogP contribution in [0.3, 0.4) is 0 Å². The Bertz CT molecular complexity index is 795. The number of pyridine rings is 1. The second kappa shape index (κ2) is 8.70. The molecule has 25 heavy (non-hydrogen) atoms. The minimum Gasteiger partial charge on any atom is -0.335 e. The van der Waals surface area contributed by atoms with Gasteiger partial charge in [0, 0.05) is 23.9 Å². The van der Waals surface area contributed by atoms with Crippen LogP contribution in [0.2, 0.25) is 0 Å². The number of thiocarbonyl (C=S) groups is 1. The molecular formula is C20H18N4S. The molecule has 0 spiro atoms. The van der Waals surface area contributed by atoms with Crippen LogP contribution in [0.25, 0.3) is 0 Å². The van der Waals surface area contributed by atoms with E-state index in [-0.39, 0.29) is 0 Å². The predicted octanol–water partition coefficient (Wildman–Crippen LogP) is 3.70. The lowest BCUT2D eigenvalue weighted by Crippen LogP contribution is -2.32. The van der Waals surface area contributed by atoms with Crippen LogP contribution in [0.1, 0.15) is 17.7 Å². The van der Waals surface area contributed by atoms with Gasteiger partial charge in [-0.15, -0.1) is 0 Å². The monoisotopic (exact) mass is 346 g/mol. The maximum atomic E-state index is 5.36. The van der Waals surface area contributed by atoms with Crippen molar-refractivity contribution >= 4 is 23.0 Å². The molecule has 4 nitrogen and oxygen atoms in total. The van der Waals surface area contributed by atoms with Crippen LogP contribution in [-0.4, -0.2) is 15.8 Å². The molecule has 0 amide bonds. The van der Waals surface area contributed by atoms with Crippen molar-refractivity contribution in [1.82, 2.24) is 15.7 Å². The predicted molar refractivity (Wildman–Crippen MR) is 106 cm³/mol. The molecule has 0 unspecified atom stereocenters. The molecule has 0 radical (unpaired) electrons. The van der Waals surface area contributed by atoms with E-state index < -0.39 is 0 Å². The maximum Gasteiger partial charge on any atom is 0.191 e. The van der Waals surface area contributed by atoms with Crippen molar-refractivity contribution < 1.29 is 0 Å². The summed E-state index contributed by atoms with van der Waals surface area (Å²) >= 11 is 5.36. The van der Waals surface area contributed by atoms with E-state index in [1.807, 2.05) is 72.8 Å². The Morgan fingerprint density at radius 1 is 1.00 bits per heavy atom. The van der Waals surface area contributed by atoms with Gasteiger partial charge in [0.2, 0.25) is 0 Å². The third-order valence-electron chi connectivity index (χ3n) is 3.49. The van der Waals surface area contributed by atoms with E-state index in [0.29, 0.717) is 5.11 Å². The molecule has 124 valence electrons. The van der Waals surface area contributed by atoms with E-state index in [9.17, 15) is 0 Å². The molecule has 1 aromatic heterocycles. The standard InChI is InChI=1S/C20H18N4S/c25-20(22-17-12-6-1-2-7-13-17)24-23-19(16-10-4-3-5-11-16)18-14-8-9-15-21-18/h1-12,14-15H,13H2,(H2,22,24,25)/b23-19+. The van der Waals surface area contributed by atoms with Crippen LogP contribution < -0.4 is 10.7 Å². The second-order valence-electron chi connectivity index (χ2n) is 5.32. The summed E-state index contributed by atoms with van der Waals surface area (Å²) in [6.45, 7) is 0. The van der Waals surface area contributed by atoms with Crippen LogP contribution in [0, 0.1) is 0 Å². The molecule has 2 N–H and O–H groups in total. The first-order valence-corrected chi connectivity index (χ1v) is 8.37. The van der Waals surface area contributed by atoms with E-state index in [2.05, 4.69) is 26.9 Å². The van der Waals surface area contributed by atoms with Crippen molar-refractivity contribution in [1.29, 1.82) is 0 Å². The molecule has 1 aliphatic carbocycles. The number of rotatable bonds is 4. The van der Waals surface area contributed by atoms with Gasteiger partial charge in [0.05, 0.1) is 5.69 Å². The fourth-order valence-corrected chi connectivity index (χ4v) is 2.50. The number of hydrogen-bond acceptors (Lipinski definition) is 3. The van der Waals surface area contributed by atoms with E-state index in [4.69, 9.17) is 12.2 Å². The summed E-state index contributed by atoms with van der Waals surface area (Å²) in [7, 11) is 0. The van der Waals surface area contributed by atoms with E-state index in [1.54, 1.807) is 6.20 Å². The van der Waals surface area contributed by atoms with Gasteiger partial charge in [-0.2, -0.15) is 5.10 Å². The lowest BCUT2D eigenvalue weighted by molar-refractivity contribution is 0.945. The highest BCUT2D eigenvalue weighted by molar-refractivity contribution is 7.80. The summed E-state index contributed by atoms with van der Waals surface area (Å²) in [5, 5.41) is 8.10. The minimum atomic E-state index is 0.444. The van der Waals surface area contributed by atoms with E-state index in [1.165, 1.54) is 0 Å². The first kappa shape index (κ1) is 16.8. The van der Waals surface area contributed by atoms with Crippen molar-refractivity contribution in [2.75, 3.05) is 0 Å². The third-order valence-corrected chi connectivity index (χ3v) is 3.68. The molecule has 2 aromatic rings. The molecule has 0 bridgehead atoms. The van der Waals surface area contributed by atoms with Crippen LogP contribution >= 0.6 is 12.2 Å². The highest BCUT2D eigenvalue weighted by atomic mass is 32.1. The van der Waals surface area contributed by atoms with Crippen molar-refractivity contribution in [3.63, 3.8) is 0 Å². The Morgan fingerprint density at radius 3 is 2.64 bits per heavy atom. The van der Waals surface area contributed by atoms with Crippen molar-refractivity contribution in [2.24, 2.45) is 5.10 Å². The minimum absolute atomic E-state index is 0.444. The fraction of sp³-hybridized carbons (Fsp3) is 0.0500. The number of benzene rings is 1. The quantitative estimate of drug-likeness (QED) is 0.503. The number of hydrogen-bond donors (Lipinski definition) is 2. The summed E-state index contributed by atoms with van der Waals surface area (Å²) in [6.07, 6.45) is 12.6.